The van der Waals surface area contributed by atoms with Crippen LogP contribution in [0, 0.1) is 0 Å². The fraction of sp³-hybridized carbons (Fsp3) is 0.529. The number of anilines is 1. The monoisotopic (exact) mass is 368 g/mol. The highest BCUT2D eigenvalue weighted by Gasteiger charge is 2.27. The van der Waals surface area contributed by atoms with Gasteiger partial charge in [0.05, 0.1) is 22.9 Å². The Kier molecular flexibility index (Phi) is 6.41. The Balaban J connectivity index is 2.13. The van der Waals surface area contributed by atoms with Crippen molar-refractivity contribution in [1.82, 2.24) is 5.32 Å². The lowest BCUT2D eigenvalue weighted by molar-refractivity contribution is -0.133. The molecule has 1 aromatic rings. The Morgan fingerprint density at radius 3 is 2.72 bits per heavy atom. The number of nitrogens with zero attached hydrogens (tertiary/aromatic N) is 1. The van der Waals surface area contributed by atoms with Crippen molar-refractivity contribution in [3.05, 3.63) is 18.2 Å². The van der Waals surface area contributed by atoms with E-state index >= 15 is 0 Å². The standard InChI is InChI=1S/C17H24N2O5S/c1-3-5-6-9-18-16(20)11-19-12-17(21)24-15-10-13(7-8-14(15)19)25(22,23)4-2/h7-8,10H,3-6,9,11-12H2,1-2H3,(H,18,20). The molecule has 0 atom stereocenters. The molecule has 8 heteroatoms. The van der Waals surface area contributed by atoms with E-state index in [0.29, 0.717) is 12.2 Å². The molecule has 0 saturated heterocycles. The van der Waals surface area contributed by atoms with Crippen molar-refractivity contribution in [1.29, 1.82) is 0 Å². The van der Waals surface area contributed by atoms with Gasteiger partial charge in [0, 0.05) is 12.6 Å². The first kappa shape index (κ1) is 19.2. The molecule has 138 valence electrons. The van der Waals surface area contributed by atoms with Gasteiger partial charge in [-0.25, -0.2) is 13.2 Å². The van der Waals surface area contributed by atoms with Crippen molar-refractivity contribution in [3.8, 4) is 5.75 Å². The summed E-state index contributed by atoms with van der Waals surface area (Å²) >= 11 is 0. The summed E-state index contributed by atoms with van der Waals surface area (Å²) in [5.41, 5.74) is 0.540. The van der Waals surface area contributed by atoms with Gasteiger partial charge in [-0.15, -0.1) is 0 Å². The fourth-order valence-electron chi connectivity index (χ4n) is 2.57. The SMILES string of the molecule is CCCCCNC(=O)CN1CC(=O)Oc2cc(S(=O)(=O)CC)ccc21. The number of nitrogens with one attached hydrogen (secondary N) is 1. The summed E-state index contributed by atoms with van der Waals surface area (Å²) < 4.78 is 29.1. The Bertz CT molecular complexity index is 745. The van der Waals surface area contributed by atoms with Crippen molar-refractivity contribution < 1.29 is 22.7 Å². The number of unbranched alkanes of at least 4 members (excludes halogenated alkanes) is 2. The van der Waals surface area contributed by atoms with Gasteiger partial charge < -0.3 is 15.0 Å². The predicted octanol–water partition coefficient (Wildman–Crippen LogP) is 1.51. The highest BCUT2D eigenvalue weighted by Crippen LogP contribution is 2.34. The Hall–Kier alpha value is -2.09. The van der Waals surface area contributed by atoms with E-state index < -0.39 is 15.8 Å². The van der Waals surface area contributed by atoms with E-state index in [1.165, 1.54) is 12.1 Å². The summed E-state index contributed by atoms with van der Waals surface area (Å²) in [5.74, 6) is -0.562. The van der Waals surface area contributed by atoms with Gasteiger partial charge in [0.25, 0.3) is 0 Å². The Morgan fingerprint density at radius 1 is 1.28 bits per heavy atom. The van der Waals surface area contributed by atoms with Crippen molar-refractivity contribution in [2.24, 2.45) is 0 Å². The second-order valence-electron chi connectivity index (χ2n) is 5.92. The maximum absolute atomic E-state index is 12.1. The molecule has 2 rings (SSSR count). The molecule has 0 saturated carbocycles. The minimum atomic E-state index is -3.40. The average molecular weight is 368 g/mol. The first-order chi connectivity index (χ1) is 11.9. The number of esters is 1. The van der Waals surface area contributed by atoms with Crippen molar-refractivity contribution >= 4 is 27.4 Å². The number of amides is 1. The average Bonchev–Trinajstić information content (AvgIpc) is 2.58. The third-order valence-corrected chi connectivity index (χ3v) is 5.72. The summed E-state index contributed by atoms with van der Waals surface area (Å²) in [7, 11) is -3.40. The zero-order valence-electron chi connectivity index (χ0n) is 14.6. The Labute approximate surface area is 148 Å². The van der Waals surface area contributed by atoms with Gasteiger partial charge in [-0.1, -0.05) is 26.7 Å². The molecule has 0 aliphatic carbocycles. The largest absolute Gasteiger partial charge is 0.423 e. The molecule has 1 heterocycles. The first-order valence-electron chi connectivity index (χ1n) is 8.46. The summed E-state index contributed by atoms with van der Waals surface area (Å²) in [6.45, 7) is 4.22. The number of sulfone groups is 1. The van der Waals surface area contributed by atoms with Crippen LogP contribution in [0.15, 0.2) is 23.1 Å². The van der Waals surface area contributed by atoms with Crippen LogP contribution >= 0.6 is 0 Å². The third-order valence-electron chi connectivity index (χ3n) is 3.99. The summed E-state index contributed by atoms with van der Waals surface area (Å²) in [6, 6.07) is 4.40. The topological polar surface area (TPSA) is 92.8 Å². The van der Waals surface area contributed by atoms with Crippen LogP contribution in [0.25, 0.3) is 0 Å². The summed E-state index contributed by atoms with van der Waals surface area (Å²) in [5, 5.41) is 2.83. The fourth-order valence-corrected chi connectivity index (χ4v) is 3.46. The van der Waals surface area contributed by atoms with Gasteiger partial charge in [-0.3, -0.25) is 4.79 Å². The van der Waals surface area contributed by atoms with E-state index in [1.807, 2.05) is 0 Å². The zero-order valence-corrected chi connectivity index (χ0v) is 15.4. The molecule has 0 fully saturated rings. The van der Waals surface area contributed by atoms with Crippen molar-refractivity contribution in [2.45, 2.75) is 38.0 Å². The van der Waals surface area contributed by atoms with Crippen LogP contribution in [0.4, 0.5) is 5.69 Å². The molecule has 25 heavy (non-hydrogen) atoms. The molecule has 7 nitrogen and oxygen atoms in total. The lowest BCUT2D eigenvalue weighted by Gasteiger charge is -2.29. The highest BCUT2D eigenvalue weighted by molar-refractivity contribution is 7.91. The van der Waals surface area contributed by atoms with Gasteiger partial charge >= 0.3 is 5.97 Å². The quantitative estimate of drug-likeness (QED) is 0.425. The molecule has 1 N–H and O–H groups in total. The normalized spacial score (nSPS) is 14.0. The lowest BCUT2D eigenvalue weighted by atomic mass is 10.2. The number of benzene rings is 1. The van der Waals surface area contributed by atoms with E-state index in [-0.39, 0.29) is 35.4 Å². The lowest BCUT2D eigenvalue weighted by Crippen LogP contribution is -2.43. The highest BCUT2D eigenvalue weighted by atomic mass is 32.2. The summed E-state index contributed by atoms with van der Waals surface area (Å²) in [6.07, 6.45) is 3.04. The minimum absolute atomic E-state index is 0.0219. The van der Waals surface area contributed by atoms with E-state index in [2.05, 4.69) is 12.2 Å². The van der Waals surface area contributed by atoms with E-state index in [1.54, 1.807) is 17.9 Å². The van der Waals surface area contributed by atoms with Crippen LogP contribution in [0.1, 0.15) is 33.1 Å². The first-order valence-corrected chi connectivity index (χ1v) is 10.1. The third kappa shape index (κ3) is 4.94. The smallest absolute Gasteiger partial charge is 0.331 e. The molecule has 0 unspecified atom stereocenters. The van der Waals surface area contributed by atoms with E-state index in [4.69, 9.17) is 4.74 Å². The molecule has 1 aromatic carbocycles. The summed E-state index contributed by atoms with van der Waals surface area (Å²) in [4.78, 5) is 25.6. The van der Waals surface area contributed by atoms with Crippen molar-refractivity contribution in [2.75, 3.05) is 30.3 Å². The molecule has 0 radical (unpaired) electrons. The van der Waals surface area contributed by atoms with Crippen LogP contribution in [0.2, 0.25) is 0 Å². The van der Waals surface area contributed by atoms with E-state index in [9.17, 15) is 18.0 Å². The van der Waals surface area contributed by atoms with Crippen molar-refractivity contribution in [3.63, 3.8) is 0 Å². The number of carbonyl (C=O) groups is 2. The van der Waals surface area contributed by atoms with Gasteiger partial charge in [0.2, 0.25) is 5.91 Å². The van der Waals surface area contributed by atoms with Crippen LogP contribution in [0.5, 0.6) is 5.75 Å². The number of hydrogen-bond acceptors (Lipinski definition) is 6. The van der Waals surface area contributed by atoms with E-state index in [0.717, 1.165) is 19.3 Å². The minimum Gasteiger partial charge on any atom is -0.423 e. The number of ether oxygens (including phenoxy) is 1. The molecule has 1 aliphatic rings. The zero-order chi connectivity index (χ0) is 18.4. The molecular weight excluding hydrogens is 344 g/mol. The number of hydrogen-bond donors (Lipinski definition) is 1. The van der Waals surface area contributed by atoms with Crippen LogP contribution in [0.3, 0.4) is 0 Å². The van der Waals surface area contributed by atoms with Gasteiger partial charge in [-0.2, -0.15) is 0 Å². The number of fused-ring (bicyclic) bond motifs is 1. The molecule has 1 aliphatic heterocycles. The molecule has 0 bridgehead atoms. The maximum Gasteiger partial charge on any atom is 0.331 e. The maximum atomic E-state index is 12.1. The Morgan fingerprint density at radius 2 is 2.04 bits per heavy atom. The van der Waals surface area contributed by atoms with Crippen LogP contribution in [-0.2, 0) is 19.4 Å². The number of carbonyl (C=O) groups excluding carboxylic acids is 2. The molecule has 0 aromatic heterocycles. The van der Waals surface area contributed by atoms with Gasteiger partial charge in [0.15, 0.2) is 15.6 Å². The molecule has 0 spiro atoms. The second-order valence-corrected chi connectivity index (χ2v) is 8.20. The molecule has 1 amide bonds. The molecular formula is C17H24N2O5S. The predicted molar refractivity (Wildman–Crippen MR) is 94.6 cm³/mol. The number of rotatable bonds is 8. The van der Waals surface area contributed by atoms with Crippen LogP contribution < -0.4 is 15.0 Å². The van der Waals surface area contributed by atoms with Gasteiger partial charge in [0.1, 0.15) is 6.54 Å². The second kappa shape index (κ2) is 8.33. The van der Waals surface area contributed by atoms with Crippen LogP contribution in [-0.4, -0.2) is 45.7 Å². The van der Waals surface area contributed by atoms with Gasteiger partial charge in [-0.05, 0) is 18.6 Å².